The number of ether oxygens (including phenoxy) is 1. The van der Waals surface area contributed by atoms with Crippen molar-refractivity contribution in [1.82, 2.24) is 4.90 Å². The first kappa shape index (κ1) is 15.8. The molecule has 1 saturated heterocycles. The lowest BCUT2D eigenvalue weighted by Gasteiger charge is -2.24. The summed E-state index contributed by atoms with van der Waals surface area (Å²) in [7, 11) is 0. The van der Waals surface area contributed by atoms with E-state index in [9.17, 15) is 19.5 Å². The van der Waals surface area contributed by atoms with Crippen molar-refractivity contribution in [2.45, 2.75) is 32.2 Å². The molecule has 1 aliphatic heterocycles. The molecule has 1 unspecified atom stereocenters. The zero-order valence-electron chi connectivity index (χ0n) is 10.9. The fraction of sp³-hybridized carbons (Fsp3) is 0.750. The van der Waals surface area contributed by atoms with Gasteiger partial charge >= 0.3 is 11.9 Å². The summed E-state index contributed by atoms with van der Waals surface area (Å²) < 4.78 is 4.76. The predicted molar refractivity (Wildman–Crippen MR) is 71.0 cm³/mol. The highest BCUT2D eigenvalue weighted by Crippen LogP contribution is 2.23. The molecule has 0 aromatic heterocycles. The first-order valence-corrected chi connectivity index (χ1v) is 6.91. The maximum Gasteiger partial charge on any atom is 0.326 e. The number of rotatable bonds is 7. The first-order chi connectivity index (χ1) is 8.99. The summed E-state index contributed by atoms with van der Waals surface area (Å²) >= 11 is 4.13. The molecule has 0 bridgehead atoms. The summed E-state index contributed by atoms with van der Waals surface area (Å²) in [5.41, 5.74) is 0. The van der Waals surface area contributed by atoms with Gasteiger partial charge in [-0.2, -0.15) is 12.6 Å². The number of thiol groups is 1. The number of nitrogens with zero attached hydrogens (tertiary/aromatic N) is 1. The van der Waals surface area contributed by atoms with Gasteiger partial charge in [-0.25, -0.2) is 4.79 Å². The van der Waals surface area contributed by atoms with E-state index in [1.54, 1.807) is 6.92 Å². The Morgan fingerprint density at radius 3 is 2.74 bits per heavy atom. The van der Waals surface area contributed by atoms with E-state index in [4.69, 9.17) is 4.74 Å². The molecule has 1 heterocycles. The van der Waals surface area contributed by atoms with Crippen LogP contribution in [-0.2, 0) is 19.1 Å². The summed E-state index contributed by atoms with van der Waals surface area (Å²) in [6.07, 6.45) is 0.409. The third kappa shape index (κ3) is 4.41. The minimum Gasteiger partial charge on any atom is -0.480 e. The van der Waals surface area contributed by atoms with Crippen molar-refractivity contribution >= 4 is 30.5 Å². The molecule has 1 aliphatic rings. The van der Waals surface area contributed by atoms with Crippen LogP contribution in [0.25, 0.3) is 0 Å². The van der Waals surface area contributed by atoms with Crippen LogP contribution in [0.15, 0.2) is 0 Å². The molecule has 0 aromatic carbocycles. The molecule has 0 aliphatic carbocycles. The minimum absolute atomic E-state index is 0.000127. The van der Waals surface area contributed by atoms with E-state index < -0.39 is 18.0 Å². The van der Waals surface area contributed by atoms with Gasteiger partial charge in [0.2, 0.25) is 5.91 Å². The van der Waals surface area contributed by atoms with Gasteiger partial charge < -0.3 is 14.7 Å². The second-order valence-corrected chi connectivity index (χ2v) is 4.86. The Balaban J connectivity index is 2.60. The third-order valence-corrected chi connectivity index (χ3v) is 3.60. The molecule has 1 amide bonds. The van der Waals surface area contributed by atoms with Crippen LogP contribution in [0.5, 0.6) is 0 Å². The Hall–Kier alpha value is -1.24. The van der Waals surface area contributed by atoms with Crippen molar-refractivity contribution in [2.75, 3.05) is 18.9 Å². The van der Waals surface area contributed by atoms with Crippen LogP contribution in [-0.4, -0.2) is 52.8 Å². The average molecular weight is 289 g/mol. The van der Waals surface area contributed by atoms with E-state index in [1.165, 1.54) is 4.90 Å². The lowest BCUT2D eigenvalue weighted by molar-refractivity contribution is -0.150. The molecule has 7 heteroatoms. The van der Waals surface area contributed by atoms with Gasteiger partial charge in [0, 0.05) is 19.4 Å². The van der Waals surface area contributed by atoms with Crippen LogP contribution in [0, 0.1) is 5.92 Å². The Bertz CT molecular complexity index is 360. The predicted octanol–water partition coefficient (Wildman–Crippen LogP) is 0.561. The number of esters is 1. The molecule has 108 valence electrons. The summed E-state index contributed by atoms with van der Waals surface area (Å²) in [5, 5.41) is 9.19. The van der Waals surface area contributed by atoms with Gasteiger partial charge in [-0.05, 0) is 25.0 Å². The number of carboxylic acid groups (broad SMARTS) is 1. The normalized spacial score (nSPS) is 20.4. The van der Waals surface area contributed by atoms with E-state index >= 15 is 0 Å². The Kier molecular flexibility index (Phi) is 6.14. The van der Waals surface area contributed by atoms with E-state index in [1.807, 2.05) is 0 Å². The molecule has 0 aromatic rings. The summed E-state index contributed by atoms with van der Waals surface area (Å²) in [6, 6.07) is -0.957. The van der Waals surface area contributed by atoms with Crippen molar-refractivity contribution < 1.29 is 24.2 Å². The first-order valence-electron chi connectivity index (χ1n) is 6.28. The number of amides is 1. The highest BCUT2D eigenvalue weighted by molar-refractivity contribution is 7.80. The molecular formula is C12H19NO5S. The lowest BCUT2D eigenvalue weighted by atomic mass is 10.1. The minimum atomic E-state index is -1.09. The zero-order chi connectivity index (χ0) is 14.4. The van der Waals surface area contributed by atoms with E-state index in [-0.39, 0.29) is 31.3 Å². The van der Waals surface area contributed by atoms with Gasteiger partial charge in [0.05, 0.1) is 6.61 Å². The van der Waals surface area contributed by atoms with Gasteiger partial charge in [0.25, 0.3) is 0 Å². The lowest BCUT2D eigenvalue weighted by Crippen LogP contribution is -2.42. The summed E-state index contributed by atoms with van der Waals surface area (Å²) in [4.78, 5) is 35.6. The fourth-order valence-corrected chi connectivity index (χ4v) is 2.38. The molecular weight excluding hydrogens is 270 g/mol. The fourth-order valence-electron chi connectivity index (χ4n) is 2.13. The number of carbonyl (C=O) groups excluding carboxylic acids is 2. The second kappa shape index (κ2) is 7.37. The number of aliphatic carboxylic acids is 1. The Labute approximate surface area is 117 Å². The zero-order valence-corrected chi connectivity index (χ0v) is 11.8. The molecule has 19 heavy (non-hydrogen) atoms. The van der Waals surface area contributed by atoms with Gasteiger partial charge in [0.1, 0.15) is 6.04 Å². The molecule has 1 N–H and O–H groups in total. The van der Waals surface area contributed by atoms with Crippen LogP contribution in [0.2, 0.25) is 0 Å². The molecule has 2 atom stereocenters. The van der Waals surface area contributed by atoms with Gasteiger partial charge in [-0.1, -0.05) is 0 Å². The third-order valence-electron chi connectivity index (χ3n) is 3.09. The smallest absolute Gasteiger partial charge is 0.326 e. The Morgan fingerprint density at radius 1 is 1.58 bits per heavy atom. The maximum absolute atomic E-state index is 11.8. The van der Waals surface area contributed by atoms with E-state index in [2.05, 4.69) is 12.6 Å². The number of carboxylic acids is 1. The number of hydrogen-bond donors (Lipinski definition) is 2. The van der Waals surface area contributed by atoms with Gasteiger partial charge in [-0.15, -0.1) is 0 Å². The number of likely N-dealkylation sites (tertiary alicyclic amines) is 1. The Morgan fingerprint density at radius 2 is 2.26 bits per heavy atom. The highest BCUT2D eigenvalue weighted by Gasteiger charge is 2.37. The van der Waals surface area contributed by atoms with Crippen molar-refractivity contribution in [3.05, 3.63) is 0 Å². The van der Waals surface area contributed by atoms with Gasteiger partial charge in [0.15, 0.2) is 0 Å². The van der Waals surface area contributed by atoms with Crippen molar-refractivity contribution in [3.8, 4) is 0 Å². The van der Waals surface area contributed by atoms with Crippen molar-refractivity contribution in [2.24, 2.45) is 5.92 Å². The van der Waals surface area contributed by atoms with E-state index in [0.29, 0.717) is 18.7 Å². The quantitative estimate of drug-likeness (QED) is 0.528. The largest absolute Gasteiger partial charge is 0.480 e. The summed E-state index contributed by atoms with van der Waals surface area (Å²) in [6.45, 7) is 2.34. The monoisotopic (exact) mass is 289 g/mol. The molecule has 1 fully saturated rings. The molecule has 0 radical (unpaired) electrons. The van der Waals surface area contributed by atoms with Crippen molar-refractivity contribution in [3.63, 3.8) is 0 Å². The number of hydrogen-bond acceptors (Lipinski definition) is 5. The molecule has 0 saturated carbocycles. The number of carbonyl (C=O) groups is 3. The van der Waals surface area contributed by atoms with Crippen molar-refractivity contribution in [1.29, 1.82) is 0 Å². The van der Waals surface area contributed by atoms with Crippen LogP contribution < -0.4 is 0 Å². The topological polar surface area (TPSA) is 83.9 Å². The van der Waals surface area contributed by atoms with Crippen LogP contribution in [0.4, 0.5) is 0 Å². The maximum atomic E-state index is 11.8. The van der Waals surface area contributed by atoms with Crippen LogP contribution >= 0.6 is 12.6 Å². The second-order valence-electron chi connectivity index (χ2n) is 4.50. The standard InChI is InChI=1S/C12H19NO5S/c1-2-18-11(15)4-3-9(12(16)17)13-6-8(7-19)5-10(13)14/h8-9,19H,2-7H2,1H3,(H,16,17)/t8?,9-/m0/s1. The van der Waals surface area contributed by atoms with Crippen LogP contribution in [0.1, 0.15) is 26.2 Å². The van der Waals surface area contributed by atoms with Crippen LogP contribution in [0.3, 0.4) is 0 Å². The average Bonchev–Trinajstić information content (AvgIpc) is 2.71. The molecule has 6 nitrogen and oxygen atoms in total. The SMILES string of the molecule is CCOC(=O)CC[C@@H](C(=O)O)N1CC(CS)CC1=O. The summed E-state index contributed by atoms with van der Waals surface area (Å²) in [5.74, 6) is -1.08. The highest BCUT2D eigenvalue weighted by atomic mass is 32.1. The van der Waals surface area contributed by atoms with Gasteiger partial charge in [-0.3, -0.25) is 9.59 Å². The molecule has 1 rings (SSSR count). The molecule has 0 spiro atoms. The van der Waals surface area contributed by atoms with E-state index in [0.717, 1.165) is 0 Å².